The van der Waals surface area contributed by atoms with E-state index in [1.807, 2.05) is 11.8 Å². The third-order valence-electron chi connectivity index (χ3n) is 4.43. The van der Waals surface area contributed by atoms with Gasteiger partial charge in [-0.3, -0.25) is 9.78 Å². The molecule has 0 saturated carbocycles. The van der Waals surface area contributed by atoms with Crippen LogP contribution in [0.15, 0.2) is 42.7 Å². The summed E-state index contributed by atoms with van der Waals surface area (Å²) >= 11 is 0. The molecule has 6 nitrogen and oxygen atoms in total. The van der Waals surface area contributed by atoms with Gasteiger partial charge >= 0.3 is 0 Å². The van der Waals surface area contributed by atoms with Crippen molar-refractivity contribution in [3.63, 3.8) is 0 Å². The fourth-order valence-electron chi connectivity index (χ4n) is 3.14. The number of hydrogen-bond acceptors (Lipinski definition) is 5. The minimum atomic E-state index is -3.01. The molecular weight excluding hydrogens is 357 g/mol. The summed E-state index contributed by atoms with van der Waals surface area (Å²) in [6.07, 6.45) is 3.56. The van der Waals surface area contributed by atoms with E-state index >= 15 is 0 Å². The van der Waals surface area contributed by atoms with Crippen molar-refractivity contribution in [2.45, 2.75) is 19.4 Å². The van der Waals surface area contributed by atoms with Gasteiger partial charge in [-0.15, -0.1) is 0 Å². The maximum Gasteiger partial charge on any atom is 0.257 e. The molecule has 0 aliphatic carbocycles. The largest absolute Gasteiger partial charge is 0.367 e. The van der Waals surface area contributed by atoms with Crippen molar-refractivity contribution in [1.29, 1.82) is 0 Å². The molecule has 0 bridgehead atoms. The average Bonchev–Trinajstić information content (AvgIpc) is 2.97. The lowest BCUT2D eigenvalue weighted by Gasteiger charge is -2.29. The lowest BCUT2D eigenvalue weighted by atomic mass is 10.1. The van der Waals surface area contributed by atoms with Crippen LogP contribution in [0.4, 0.5) is 15.8 Å². The first kappa shape index (κ1) is 18.3. The van der Waals surface area contributed by atoms with Crippen molar-refractivity contribution < 1.29 is 17.6 Å². The molecule has 138 valence electrons. The molecular formula is C18H20FN3O3S. The van der Waals surface area contributed by atoms with E-state index in [1.54, 1.807) is 24.4 Å². The number of benzene rings is 1. The van der Waals surface area contributed by atoms with Crippen molar-refractivity contribution in [2.75, 3.05) is 28.3 Å². The summed E-state index contributed by atoms with van der Waals surface area (Å²) in [6.45, 7) is 2.53. The number of nitrogens with zero attached hydrogens (tertiary/aromatic N) is 2. The Morgan fingerprint density at radius 3 is 2.77 bits per heavy atom. The van der Waals surface area contributed by atoms with E-state index in [2.05, 4.69) is 10.3 Å². The molecule has 1 saturated heterocycles. The Labute approximate surface area is 152 Å². The predicted molar refractivity (Wildman–Crippen MR) is 98.7 cm³/mol. The topological polar surface area (TPSA) is 79.4 Å². The third kappa shape index (κ3) is 4.01. The molecule has 26 heavy (non-hydrogen) atoms. The van der Waals surface area contributed by atoms with Gasteiger partial charge in [-0.2, -0.15) is 0 Å². The molecule has 1 aromatic carbocycles. The average molecular weight is 377 g/mol. The van der Waals surface area contributed by atoms with Gasteiger partial charge in [0.15, 0.2) is 9.84 Å². The van der Waals surface area contributed by atoms with Gasteiger partial charge in [0.25, 0.3) is 5.91 Å². The molecule has 2 aromatic rings. The summed E-state index contributed by atoms with van der Waals surface area (Å²) < 4.78 is 37.2. The Kier molecular flexibility index (Phi) is 5.22. The maximum absolute atomic E-state index is 13.7. The number of halogens is 1. The van der Waals surface area contributed by atoms with Crippen molar-refractivity contribution in [3.05, 3.63) is 54.1 Å². The van der Waals surface area contributed by atoms with Gasteiger partial charge in [0.1, 0.15) is 5.82 Å². The van der Waals surface area contributed by atoms with E-state index in [9.17, 15) is 17.6 Å². The molecule has 1 unspecified atom stereocenters. The summed E-state index contributed by atoms with van der Waals surface area (Å²) in [5.74, 6) is -0.711. The van der Waals surface area contributed by atoms with Gasteiger partial charge in [0.2, 0.25) is 0 Å². The fourth-order valence-corrected chi connectivity index (χ4v) is 4.87. The minimum Gasteiger partial charge on any atom is -0.367 e. The second kappa shape index (κ2) is 7.41. The summed E-state index contributed by atoms with van der Waals surface area (Å²) in [7, 11) is -3.01. The molecule has 2 heterocycles. The van der Waals surface area contributed by atoms with E-state index in [0.717, 1.165) is 0 Å². The zero-order chi connectivity index (χ0) is 18.7. The lowest BCUT2D eigenvalue weighted by molar-refractivity contribution is 0.102. The molecule has 0 radical (unpaired) electrons. The van der Waals surface area contributed by atoms with Crippen LogP contribution in [0.1, 0.15) is 23.7 Å². The van der Waals surface area contributed by atoms with Crippen LogP contribution in [-0.2, 0) is 9.84 Å². The van der Waals surface area contributed by atoms with E-state index in [4.69, 9.17) is 0 Å². The summed E-state index contributed by atoms with van der Waals surface area (Å²) in [4.78, 5) is 18.5. The number of carbonyl (C=O) groups is 1. The van der Waals surface area contributed by atoms with Crippen LogP contribution in [0, 0.1) is 5.82 Å². The first-order chi connectivity index (χ1) is 12.4. The van der Waals surface area contributed by atoms with Crippen LogP contribution in [0.2, 0.25) is 0 Å². The Morgan fingerprint density at radius 2 is 2.12 bits per heavy atom. The molecule has 1 aliphatic rings. The highest BCUT2D eigenvalue weighted by Crippen LogP contribution is 2.24. The maximum atomic E-state index is 13.7. The van der Waals surface area contributed by atoms with Crippen LogP contribution in [-0.4, -0.2) is 43.4 Å². The number of rotatable bonds is 5. The Balaban J connectivity index is 1.81. The molecule has 1 aliphatic heterocycles. The number of para-hydroxylation sites is 1. The van der Waals surface area contributed by atoms with Crippen molar-refractivity contribution in [2.24, 2.45) is 0 Å². The Bertz CT molecular complexity index is 917. The van der Waals surface area contributed by atoms with Gasteiger partial charge in [0.05, 0.1) is 34.6 Å². The highest BCUT2D eigenvalue weighted by Gasteiger charge is 2.32. The molecule has 1 fully saturated rings. The van der Waals surface area contributed by atoms with Gasteiger partial charge in [-0.1, -0.05) is 12.1 Å². The molecule has 1 N–H and O–H groups in total. The first-order valence-electron chi connectivity index (χ1n) is 8.37. The normalized spacial score (nSPS) is 18.5. The number of pyridine rings is 1. The molecule has 0 spiro atoms. The smallest absolute Gasteiger partial charge is 0.257 e. The second-order valence-corrected chi connectivity index (χ2v) is 8.44. The standard InChI is InChI=1S/C18H20FN3O3S/c1-2-22(14-7-8-26(24,25)12-14)15-9-13(10-20-11-15)18(23)21-17-6-4-3-5-16(17)19/h3-6,9-11,14H,2,7-8,12H2,1H3,(H,21,23). The Morgan fingerprint density at radius 1 is 1.35 bits per heavy atom. The van der Waals surface area contributed by atoms with Crippen LogP contribution in [0.5, 0.6) is 0 Å². The third-order valence-corrected chi connectivity index (χ3v) is 6.18. The number of nitrogens with one attached hydrogen (secondary N) is 1. The highest BCUT2D eigenvalue weighted by atomic mass is 32.2. The number of aromatic nitrogens is 1. The summed E-state index contributed by atoms with van der Waals surface area (Å²) in [5.41, 5.74) is 1.05. The van der Waals surface area contributed by atoms with Crippen LogP contribution < -0.4 is 10.2 Å². The van der Waals surface area contributed by atoms with E-state index in [-0.39, 0.29) is 28.8 Å². The number of anilines is 2. The van der Waals surface area contributed by atoms with Crippen molar-refractivity contribution >= 4 is 27.1 Å². The van der Waals surface area contributed by atoms with Crippen molar-refractivity contribution in [1.82, 2.24) is 4.98 Å². The summed E-state index contributed by atoms with van der Waals surface area (Å²) in [5, 5.41) is 2.52. The van der Waals surface area contributed by atoms with Crippen molar-refractivity contribution in [3.8, 4) is 0 Å². The van der Waals surface area contributed by atoms with Gasteiger partial charge in [-0.25, -0.2) is 12.8 Å². The molecule has 1 atom stereocenters. The van der Waals surface area contributed by atoms with Gasteiger partial charge < -0.3 is 10.2 Å². The molecule has 3 rings (SSSR count). The highest BCUT2D eigenvalue weighted by molar-refractivity contribution is 7.91. The zero-order valence-corrected chi connectivity index (χ0v) is 15.2. The second-order valence-electron chi connectivity index (χ2n) is 6.21. The molecule has 8 heteroatoms. The first-order valence-corrected chi connectivity index (χ1v) is 10.2. The molecule has 1 aromatic heterocycles. The quantitative estimate of drug-likeness (QED) is 0.866. The zero-order valence-electron chi connectivity index (χ0n) is 14.4. The number of sulfone groups is 1. The fraction of sp³-hybridized carbons (Fsp3) is 0.333. The van der Waals surface area contributed by atoms with Crippen LogP contribution >= 0.6 is 0 Å². The summed E-state index contributed by atoms with van der Waals surface area (Å²) in [6, 6.07) is 7.44. The predicted octanol–water partition coefficient (Wildman–Crippen LogP) is 2.49. The van der Waals surface area contributed by atoms with E-state index in [0.29, 0.717) is 18.7 Å². The molecule has 1 amide bonds. The number of hydrogen-bond donors (Lipinski definition) is 1. The minimum absolute atomic E-state index is 0.0946. The van der Waals surface area contributed by atoms with Crippen LogP contribution in [0.3, 0.4) is 0 Å². The number of carbonyl (C=O) groups excluding carboxylic acids is 1. The van der Waals surface area contributed by atoms with Gasteiger partial charge in [0, 0.05) is 18.8 Å². The SMILES string of the molecule is CCN(c1cncc(C(=O)Nc2ccccc2F)c1)C1CCS(=O)(=O)C1. The van der Waals surface area contributed by atoms with Crippen LogP contribution in [0.25, 0.3) is 0 Å². The van der Waals surface area contributed by atoms with E-state index < -0.39 is 21.6 Å². The lowest BCUT2D eigenvalue weighted by Crippen LogP contribution is -2.36. The monoisotopic (exact) mass is 377 g/mol. The Hall–Kier alpha value is -2.48. The van der Waals surface area contributed by atoms with E-state index in [1.165, 1.54) is 18.3 Å². The number of amides is 1. The van der Waals surface area contributed by atoms with Gasteiger partial charge in [-0.05, 0) is 31.5 Å².